The minimum atomic E-state index is -0.175. The van der Waals surface area contributed by atoms with Crippen LogP contribution in [-0.2, 0) is 11.2 Å². The summed E-state index contributed by atoms with van der Waals surface area (Å²) in [5.74, 6) is 0.525. The second kappa shape index (κ2) is 6.83. The van der Waals surface area contributed by atoms with Crippen LogP contribution in [0.15, 0.2) is 42.5 Å². The van der Waals surface area contributed by atoms with Gasteiger partial charge in [0.1, 0.15) is 12.4 Å². The van der Waals surface area contributed by atoms with Crippen LogP contribution in [0, 0.1) is 12.8 Å². The number of benzene rings is 2. The SMILES string of the molecule is Cc1ccc(C(=O)Nc2ccc3c(c2)C[C@@H](C(=O)NC2CC2)CO3)cc1. The van der Waals surface area contributed by atoms with Crippen molar-refractivity contribution in [3.8, 4) is 5.75 Å². The Morgan fingerprint density at radius 2 is 1.85 bits per heavy atom. The van der Waals surface area contributed by atoms with E-state index in [4.69, 9.17) is 4.74 Å². The summed E-state index contributed by atoms with van der Waals surface area (Å²) in [5, 5.41) is 5.96. The third kappa shape index (κ3) is 3.72. The largest absolute Gasteiger partial charge is 0.492 e. The number of fused-ring (bicyclic) bond motifs is 1. The Balaban J connectivity index is 1.45. The van der Waals surface area contributed by atoms with E-state index in [1.54, 1.807) is 0 Å². The fourth-order valence-corrected chi connectivity index (χ4v) is 3.10. The molecule has 0 spiro atoms. The van der Waals surface area contributed by atoms with Gasteiger partial charge in [0.05, 0.1) is 5.92 Å². The van der Waals surface area contributed by atoms with Gasteiger partial charge in [-0.2, -0.15) is 0 Å². The van der Waals surface area contributed by atoms with Gasteiger partial charge in [-0.05, 0) is 62.1 Å². The molecule has 2 N–H and O–H groups in total. The standard InChI is InChI=1S/C21H22N2O3/c1-13-2-4-14(5-3-13)20(24)23-18-8-9-19-15(11-18)10-16(12-26-19)21(25)22-17-6-7-17/h2-5,8-9,11,16-17H,6-7,10,12H2,1H3,(H,22,25)(H,23,24)/t16-/m1/s1. The summed E-state index contributed by atoms with van der Waals surface area (Å²) in [6.07, 6.45) is 2.78. The van der Waals surface area contributed by atoms with Gasteiger partial charge < -0.3 is 15.4 Å². The predicted molar refractivity (Wildman–Crippen MR) is 99.4 cm³/mol. The molecular formula is C21H22N2O3. The minimum absolute atomic E-state index is 0.0623. The number of nitrogens with one attached hydrogen (secondary N) is 2. The van der Waals surface area contributed by atoms with Crippen molar-refractivity contribution in [3.63, 3.8) is 0 Å². The Bertz CT molecular complexity index is 841. The van der Waals surface area contributed by atoms with Crippen LogP contribution < -0.4 is 15.4 Å². The number of carbonyl (C=O) groups excluding carboxylic acids is 2. The van der Waals surface area contributed by atoms with Gasteiger partial charge in [-0.3, -0.25) is 9.59 Å². The molecule has 0 unspecified atom stereocenters. The topological polar surface area (TPSA) is 67.4 Å². The zero-order valence-electron chi connectivity index (χ0n) is 14.7. The van der Waals surface area contributed by atoms with Gasteiger partial charge in [-0.25, -0.2) is 0 Å². The van der Waals surface area contributed by atoms with E-state index in [0.29, 0.717) is 30.3 Å². The van der Waals surface area contributed by atoms with Gasteiger partial charge >= 0.3 is 0 Å². The first-order valence-corrected chi connectivity index (χ1v) is 9.02. The van der Waals surface area contributed by atoms with Crippen LogP contribution >= 0.6 is 0 Å². The van der Waals surface area contributed by atoms with E-state index >= 15 is 0 Å². The highest BCUT2D eigenvalue weighted by atomic mass is 16.5. The zero-order valence-corrected chi connectivity index (χ0v) is 14.7. The summed E-state index contributed by atoms with van der Waals surface area (Å²) in [5.41, 5.74) is 3.39. The molecule has 0 radical (unpaired) electrons. The van der Waals surface area contributed by atoms with Gasteiger partial charge in [0, 0.05) is 17.3 Å². The van der Waals surface area contributed by atoms with Gasteiger partial charge in [0.15, 0.2) is 0 Å². The lowest BCUT2D eigenvalue weighted by Gasteiger charge is -2.25. The Morgan fingerprint density at radius 3 is 2.58 bits per heavy atom. The molecule has 0 aromatic heterocycles. The number of amides is 2. The average molecular weight is 350 g/mol. The maximum Gasteiger partial charge on any atom is 0.255 e. The van der Waals surface area contributed by atoms with E-state index in [2.05, 4.69) is 10.6 Å². The third-order valence-electron chi connectivity index (χ3n) is 4.83. The summed E-state index contributed by atoms with van der Waals surface area (Å²) in [4.78, 5) is 24.7. The summed E-state index contributed by atoms with van der Waals surface area (Å²) < 4.78 is 5.74. The molecule has 0 bridgehead atoms. The second-order valence-electron chi connectivity index (χ2n) is 7.14. The van der Waals surface area contributed by atoms with Gasteiger partial charge in [0.25, 0.3) is 5.91 Å². The van der Waals surface area contributed by atoms with Crippen molar-refractivity contribution in [1.29, 1.82) is 0 Å². The molecule has 26 heavy (non-hydrogen) atoms. The molecule has 2 aliphatic rings. The van der Waals surface area contributed by atoms with Crippen molar-refractivity contribution in [2.75, 3.05) is 11.9 Å². The number of hydrogen-bond acceptors (Lipinski definition) is 3. The Hall–Kier alpha value is -2.82. The summed E-state index contributed by atoms with van der Waals surface area (Å²) >= 11 is 0. The molecule has 1 aliphatic carbocycles. The smallest absolute Gasteiger partial charge is 0.255 e. The van der Waals surface area contributed by atoms with Crippen LogP contribution in [0.5, 0.6) is 5.75 Å². The van der Waals surface area contributed by atoms with Crippen molar-refractivity contribution in [3.05, 3.63) is 59.2 Å². The fourth-order valence-electron chi connectivity index (χ4n) is 3.10. The molecule has 5 nitrogen and oxygen atoms in total. The van der Waals surface area contributed by atoms with Crippen LogP contribution in [0.2, 0.25) is 0 Å². The summed E-state index contributed by atoms with van der Waals surface area (Å²) in [6, 6.07) is 13.4. The van der Waals surface area contributed by atoms with Crippen LogP contribution in [0.25, 0.3) is 0 Å². The first-order chi connectivity index (χ1) is 12.6. The van der Waals surface area contributed by atoms with Crippen LogP contribution in [0.4, 0.5) is 5.69 Å². The number of ether oxygens (including phenoxy) is 1. The molecule has 1 saturated carbocycles. The molecule has 5 heteroatoms. The van der Waals surface area contributed by atoms with Crippen LogP contribution in [0.3, 0.4) is 0 Å². The van der Waals surface area contributed by atoms with Crippen molar-refractivity contribution in [1.82, 2.24) is 5.32 Å². The summed E-state index contributed by atoms with van der Waals surface area (Å²) in [6.45, 7) is 2.39. The highest BCUT2D eigenvalue weighted by molar-refractivity contribution is 6.04. The third-order valence-corrected chi connectivity index (χ3v) is 4.83. The molecule has 0 saturated heterocycles. The monoisotopic (exact) mass is 350 g/mol. The highest BCUT2D eigenvalue weighted by Gasteiger charge is 2.30. The maximum atomic E-state index is 12.4. The van der Waals surface area contributed by atoms with Crippen molar-refractivity contribution in [2.24, 2.45) is 5.92 Å². The van der Waals surface area contributed by atoms with Gasteiger partial charge in [0.2, 0.25) is 5.91 Å². The molecule has 4 rings (SSSR count). The van der Waals surface area contributed by atoms with Crippen molar-refractivity contribution >= 4 is 17.5 Å². The lowest BCUT2D eigenvalue weighted by Crippen LogP contribution is -2.38. The Labute approximate surface area is 152 Å². The molecule has 134 valence electrons. The van der Waals surface area contributed by atoms with E-state index < -0.39 is 0 Å². The van der Waals surface area contributed by atoms with Gasteiger partial charge in [-0.1, -0.05) is 17.7 Å². The molecule has 1 heterocycles. The molecule has 2 aromatic carbocycles. The van der Waals surface area contributed by atoms with Gasteiger partial charge in [-0.15, -0.1) is 0 Å². The Morgan fingerprint density at radius 1 is 1.08 bits per heavy atom. The van der Waals surface area contributed by atoms with E-state index in [1.165, 1.54) is 0 Å². The lowest BCUT2D eigenvalue weighted by molar-refractivity contribution is -0.126. The number of hydrogen-bond donors (Lipinski definition) is 2. The zero-order chi connectivity index (χ0) is 18.1. The highest BCUT2D eigenvalue weighted by Crippen LogP contribution is 2.31. The van der Waals surface area contributed by atoms with Crippen LogP contribution in [0.1, 0.15) is 34.3 Å². The number of anilines is 1. The number of rotatable bonds is 4. The first-order valence-electron chi connectivity index (χ1n) is 9.02. The van der Waals surface area contributed by atoms with Crippen LogP contribution in [-0.4, -0.2) is 24.5 Å². The van der Waals surface area contributed by atoms with Crippen molar-refractivity contribution in [2.45, 2.75) is 32.2 Å². The lowest BCUT2D eigenvalue weighted by atomic mass is 9.95. The van der Waals surface area contributed by atoms with E-state index in [0.717, 1.165) is 29.7 Å². The molecule has 1 fully saturated rings. The van der Waals surface area contributed by atoms with E-state index in [9.17, 15) is 9.59 Å². The molecule has 1 aliphatic heterocycles. The first kappa shape index (κ1) is 16.6. The summed E-state index contributed by atoms with van der Waals surface area (Å²) in [7, 11) is 0. The van der Waals surface area contributed by atoms with E-state index in [-0.39, 0.29) is 17.7 Å². The molecule has 2 amide bonds. The Kier molecular flexibility index (Phi) is 4.37. The van der Waals surface area contributed by atoms with Crippen molar-refractivity contribution < 1.29 is 14.3 Å². The number of carbonyl (C=O) groups is 2. The average Bonchev–Trinajstić information content (AvgIpc) is 3.45. The number of aryl methyl sites for hydroxylation is 1. The van der Waals surface area contributed by atoms with E-state index in [1.807, 2.05) is 49.4 Å². The molecular weight excluding hydrogens is 328 g/mol. The quantitative estimate of drug-likeness (QED) is 0.890. The molecule has 1 atom stereocenters. The molecule has 2 aromatic rings. The second-order valence-corrected chi connectivity index (χ2v) is 7.14. The maximum absolute atomic E-state index is 12.4. The predicted octanol–water partition coefficient (Wildman–Crippen LogP) is 3.08. The normalized spacial score (nSPS) is 18.4. The fraction of sp³-hybridized carbons (Fsp3) is 0.333. The minimum Gasteiger partial charge on any atom is -0.492 e.